The quantitative estimate of drug-likeness (QED) is 0.503. The van der Waals surface area contributed by atoms with Gasteiger partial charge in [-0.3, -0.25) is 4.79 Å². The van der Waals surface area contributed by atoms with Crippen LogP contribution >= 0.6 is 0 Å². The van der Waals surface area contributed by atoms with Crippen LogP contribution in [-0.4, -0.2) is 25.7 Å². The summed E-state index contributed by atoms with van der Waals surface area (Å²) in [5, 5.41) is 3.28. The van der Waals surface area contributed by atoms with Crippen LogP contribution in [0.25, 0.3) is 0 Å². The smallest absolute Gasteiger partial charge is 0.309 e. The summed E-state index contributed by atoms with van der Waals surface area (Å²) >= 11 is 0. The molecule has 0 saturated carbocycles. The maximum absolute atomic E-state index is 10.9. The van der Waals surface area contributed by atoms with E-state index in [1.165, 1.54) is 13.5 Å². The molecule has 1 aliphatic heterocycles. The number of ether oxygens (including phenoxy) is 1. The van der Waals surface area contributed by atoms with Gasteiger partial charge in [0.1, 0.15) is 0 Å². The van der Waals surface area contributed by atoms with E-state index in [1.54, 1.807) is 0 Å². The first-order valence-corrected chi connectivity index (χ1v) is 4.22. The van der Waals surface area contributed by atoms with Crippen molar-refractivity contribution in [1.29, 1.82) is 0 Å². The van der Waals surface area contributed by atoms with E-state index in [0.29, 0.717) is 12.5 Å². The monoisotopic (exact) mass is 169 g/mol. The number of carbonyl (C=O) groups excluding carboxylic acids is 1. The second-order valence-electron chi connectivity index (χ2n) is 3.06. The molecule has 0 amide bonds. The molecular weight excluding hydrogens is 154 g/mol. The summed E-state index contributed by atoms with van der Waals surface area (Å²) in [6.45, 7) is 4.89. The summed E-state index contributed by atoms with van der Waals surface area (Å²) < 4.78 is 4.55. The van der Waals surface area contributed by atoms with Gasteiger partial charge >= 0.3 is 5.97 Å². The Kier molecular flexibility index (Phi) is 3.29. The third-order valence-electron chi connectivity index (χ3n) is 2.15. The lowest BCUT2D eigenvalue weighted by molar-refractivity contribution is -0.139. The molecule has 12 heavy (non-hydrogen) atoms. The molecule has 1 N–H and O–H groups in total. The number of hydrogen-bond acceptors (Lipinski definition) is 3. The Labute approximate surface area is 72.8 Å². The third-order valence-corrected chi connectivity index (χ3v) is 2.15. The molecule has 0 aliphatic carbocycles. The van der Waals surface area contributed by atoms with Crippen molar-refractivity contribution in [2.75, 3.05) is 13.7 Å². The first-order valence-electron chi connectivity index (χ1n) is 4.22. The van der Waals surface area contributed by atoms with Crippen LogP contribution in [0.4, 0.5) is 0 Å². The lowest BCUT2D eigenvalue weighted by atomic mass is 10.0. The van der Waals surface area contributed by atoms with Gasteiger partial charge in [0.05, 0.1) is 13.5 Å². The number of rotatable bonds is 3. The highest BCUT2D eigenvalue weighted by Gasteiger charge is 2.18. The van der Waals surface area contributed by atoms with Crippen LogP contribution in [0.5, 0.6) is 0 Å². The lowest BCUT2D eigenvalue weighted by Crippen LogP contribution is -2.24. The van der Waals surface area contributed by atoms with E-state index in [2.05, 4.69) is 16.6 Å². The molecule has 1 atom stereocenters. The predicted molar refractivity (Wildman–Crippen MR) is 46.8 cm³/mol. The molecule has 0 bridgehead atoms. The van der Waals surface area contributed by atoms with Crippen molar-refractivity contribution in [2.45, 2.75) is 25.3 Å². The van der Waals surface area contributed by atoms with Gasteiger partial charge < -0.3 is 10.1 Å². The second-order valence-corrected chi connectivity index (χ2v) is 3.06. The van der Waals surface area contributed by atoms with Gasteiger partial charge in [-0.15, -0.1) is 0 Å². The average molecular weight is 169 g/mol. The van der Waals surface area contributed by atoms with Crippen LogP contribution in [0.1, 0.15) is 19.3 Å². The molecule has 3 nitrogen and oxygen atoms in total. The molecule has 68 valence electrons. The van der Waals surface area contributed by atoms with Crippen molar-refractivity contribution >= 4 is 5.97 Å². The normalized spacial score (nSPS) is 22.2. The Morgan fingerprint density at radius 3 is 3.00 bits per heavy atom. The summed E-state index contributed by atoms with van der Waals surface area (Å²) in [5.41, 5.74) is 0.944. The number of carbonyl (C=O) groups is 1. The Morgan fingerprint density at radius 2 is 2.50 bits per heavy atom. The second kappa shape index (κ2) is 4.26. The maximum atomic E-state index is 10.9. The zero-order valence-corrected chi connectivity index (χ0v) is 7.43. The van der Waals surface area contributed by atoms with E-state index in [-0.39, 0.29) is 5.97 Å². The van der Waals surface area contributed by atoms with Crippen molar-refractivity contribution in [3.63, 3.8) is 0 Å². The standard InChI is InChI=1S/C9H15NO2/c1-7(6-9(11)12-2)8-4-3-5-10-8/h8,10H,1,3-6H2,2H3. The number of methoxy groups -OCH3 is 1. The van der Waals surface area contributed by atoms with Gasteiger partial charge in [0.25, 0.3) is 0 Å². The minimum absolute atomic E-state index is 0.200. The highest BCUT2D eigenvalue weighted by molar-refractivity contribution is 5.72. The van der Waals surface area contributed by atoms with Gasteiger partial charge in [-0.25, -0.2) is 0 Å². The van der Waals surface area contributed by atoms with E-state index in [9.17, 15) is 4.79 Å². The van der Waals surface area contributed by atoms with Gasteiger partial charge in [-0.1, -0.05) is 6.58 Å². The number of nitrogens with one attached hydrogen (secondary N) is 1. The van der Waals surface area contributed by atoms with Gasteiger partial charge in [0, 0.05) is 6.04 Å². The van der Waals surface area contributed by atoms with Crippen molar-refractivity contribution < 1.29 is 9.53 Å². The summed E-state index contributed by atoms with van der Waals surface area (Å²) in [7, 11) is 1.40. The van der Waals surface area contributed by atoms with Crippen LogP contribution in [0, 0.1) is 0 Å². The van der Waals surface area contributed by atoms with Gasteiger partial charge in [0.15, 0.2) is 0 Å². The molecule has 1 saturated heterocycles. The summed E-state index contributed by atoms with van der Waals surface area (Å²) in [4.78, 5) is 10.9. The largest absolute Gasteiger partial charge is 0.469 e. The maximum Gasteiger partial charge on any atom is 0.309 e. The molecule has 0 aromatic heterocycles. The molecule has 1 unspecified atom stereocenters. The summed E-state index contributed by atoms with van der Waals surface area (Å²) in [6, 6.07) is 0.323. The number of esters is 1. The van der Waals surface area contributed by atoms with Gasteiger partial charge in [-0.2, -0.15) is 0 Å². The molecule has 3 heteroatoms. The number of hydrogen-bond donors (Lipinski definition) is 1. The predicted octanol–water partition coefficient (Wildman–Crippen LogP) is 0.858. The van der Waals surface area contributed by atoms with Crippen LogP contribution in [0.2, 0.25) is 0 Å². The Hall–Kier alpha value is -0.830. The zero-order chi connectivity index (χ0) is 8.97. The molecular formula is C9H15NO2. The fourth-order valence-corrected chi connectivity index (χ4v) is 1.41. The highest BCUT2D eigenvalue weighted by Crippen LogP contribution is 2.15. The highest BCUT2D eigenvalue weighted by atomic mass is 16.5. The Bertz CT molecular complexity index is 183. The Morgan fingerprint density at radius 1 is 1.75 bits per heavy atom. The van der Waals surface area contributed by atoms with E-state index >= 15 is 0 Å². The van der Waals surface area contributed by atoms with Crippen LogP contribution < -0.4 is 5.32 Å². The molecule has 0 aromatic carbocycles. The molecule has 1 aliphatic rings. The third kappa shape index (κ3) is 2.34. The van der Waals surface area contributed by atoms with Crippen molar-refractivity contribution in [2.24, 2.45) is 0 Å². The fourth-order valence-electron chi connectivity index (χ4n) is 1.41. The lowest BCUT2D eigenvalue weighted by Gasteiger charge is -2.11. The minimum Gasteiger partial charge on any atom is -0.469 e. The SMILES string of the molecule is C=C(CC(=O)OC)C1CCCN1. The van der Waals surface area contributed by atoms with E-state index in [0.717, 1.165) is 18.5 Å². The molecule has 0 radical (unpaired) electrons. The van der Waals surface area contributed by atoms with Crippen molar-refractivity contribution in [1.82, 2.24) is 5.32 Å². The van der Waals surface area contributed by atoms with E-state index in [1.807, 2.05) is 0 Å². The summed E-state index contributed by atoms with van der Waals surface area (Å²) in [5.74, 6) is -0.200. The zero-order valence-electron chi connectivity index (χ0n) is 7.43. The van der Waals surface area contributed by atoms with Crippen LogP contribution in [0.15, 0.2) is 12.2 Å². The summed E-state index contributed by atoms with van der Waals surface area (Å²) in [6.07, 6.45) is 2.61. The van der Waals surface area contributed by atoms with E-state index < -0.39 is 0 Å². The van der Waals surface area contributed by atoms with Crippen LogP contribution in [0.3, 0.4) is 0 Å². The molecule has 0 spiro atoms. The van der Waals surface area contributed by atoms with Gasteiger partial charge in [0.2, 0.25) is 0 Å². The molecule has 1 heterocycles. The molecule has 0 aromatic rings. The molecule has 1 rings (SSSR count). The Balaban J connectivity index is 2.32. The average Bonchev–Trinajstić information content (AvgIpc) is 2.56. The van der Waals surface area contributed by atoms with Crippen molar-refractivity contribution in [3.8, 4) is 0 Å². The fraction of sp³-hybridized carbons (Fsp3) is 0.667. The van der Waals surface area contributed by atoms with Gasteiger partial charge in [-0.05, 0) is 25.0 Å². The molecule has 1 fully saturated rings. The first kappa shape index (κ1) is 9.26. The minimum atomic E-state index is -0.200. The topological polar surface area (TPSA) is 38.3 Å². The van der Waals surface area contributed by atoms with Crippen molar-refractivity contribution in [3.05, 3.63) is 12.2 Å². The van der Waals surface area contributed by atoms with E-state index in [4.69, 9.17) is 0 Å². The van der Waals surface area contributed by atoms with Crippen LogP contribution in [-0.2, 0) is 9.53 Å². The first-order chi connectivity index (χ1) is 5.74.